The average Bonchev–Trinajstić information content (AvgIpc) is 2.69. The quantitative estimate of drug-likeness (QED) is 0.434. The Morgan fingerprint density at radius 2 is 1.33 bits per heavy atom. The van der Waals surface area contributed by atoms with Gasteiger partial charge >= 0.3 is 0 Å². The Morgan fingerprint density at radius 3 is 1.79 bits per heavy atom. The Kier molecular flexibility index (Phi) is 13.6. The zero-order valence-electron chi connectivity index (χ0n) is 16.4. The normalized spacial score (nSPS) is 12.1. The second-order valence-electron chi connectivity index (χ2n) is 5.53. The van der Waals surface area contributed by atoms with Gasteiger partial charge in [-0.15, -0.1) is 0 Å². The molecule has 0 spiro atoms. The van der Waals surface area contributed by atoms with Crippen molar-refractivity contribution in [2.75, 3.05) is 0 Å². The first-order chi connectivity index (χ1) is 11.7. The second kappa shape index (κ2) is 14.3. The first-order valence-electron chi connectivity index (χ1n) is 9.44. The minimum atomic E-state index is 0.601. The lowest BCUT2D eigenvalue weighted by Gasteiger charge is -2.20. The molecule has 0 aliphatic heterocycles. The van der Waals surface area contributed by atoms with Gasteiger partial charge in [0, 0.05) is 5.33 Å². The van der Waals surface area contributed by atoms with E-state index >= 15 is 0 Å². The molecule has 2 rings (SSSR count). The molecule has 2 aromatic carbocycles. The minimum absolute atomic E-state index is 0.601. The minimum Gasteiger partial charge on any atom is -0.0876 e. The smallest absolute Gasteiger partial charge is 0.0283 e. The second-order valence-corrected chi connectivity index (χ2v) is 6.09. The molecule has 0 amide bonds. The van der Waals surface area contributed by atoms with Crippen molar-refractivity contribution in [1.82, 2.24) is 0 Å². The van der Waals surface area contributed by atoms with Gasteiger partial charge in [0.15, 0.2) is 0 Å². The first kappa shape index (κ1) is 22.9. The molecule has 0 nitrogen and oxygen atoms in total. The van der Waals surface area contributed by atoms with Crippen molar-refractivity contribution in [2.45, 2.75) is 71.5 Å². The standard InChI is InChI=1S/C19H23Br.2C2H6/c1-3-17(19-7-5-4-6-8-19)13-15(2)18-11-9-16(14-20)10-12-18;2*1-2/h4-12,15,17H,3,13-14H2,1-2H3;2*1-2H3. The molecule has 24 heavy (non-hydrogen) atoms. The molecular formula is C23H35Br. The van der Waals surface area contributed by atoms with Crippen molar-refractivity contribution >= 4 is 15.9 Å². The summed E-state index contributed by atoms with van der Waals surface area (Å²) in [4.78, 5) is 0. The zero-order valence-corrected chi connectivity index (χ0v) is 17.9. The largest absolute Gasteiger partial charge is 0.0876 e. The Bertz CT molecular complexity index is 501. The number of hydrogen-bond donors (Lipinski definition) is 0. The van der Waals surface area contributed by atoms with E-state index in [1.807, 2.05) is 27.7 Å². The Balaban J connectivity index is 0.00000123. The van der Waals surface area contributed by atoms with Gasteiger partial charge in [0.25, 0.3) is 0 Å². The van der Waals surface area contributed by atoms with Gasteiger partial charge in [-0.1, -0.05) is 112 Å². The van der Waals surface area contributed by atoms with Gasteiger partial charge in [-0.05, 0) is 41.4 Å². The van der Waals surface area contributed by atoms with E-state index in [4.69, 9.17) is 0 Å². The van der Waals surface area contributed by atoms with Crippen molar-refractivity contribution in [3.05, 3.63) is 71.3 Å². The molecule has 0 fully saturated rings. The van der Waals surface area contributed by atoms with Crippen molar-refractivity contribution < 1.29 is 0 Å². The highest BCUT2D eigenvalue weighted by molar-refractivity contribution is 9.08. The van der Waals surface area contributed by atoms with Crippen LogP contribution < -0.4 is 0 Å². The predicted molar refractivity (Wildman–Crippen MR) is 114 cm³/mol. The molecule has 0 aromatic heterocycles. The van der Waals surface area contributed by atoms with Gasteiger partial charge in [-0.25, -0.2) is 0 Å². The van der Waals surface area contributed by atoms with Crippen LogP contribution in [0.2, 0.25) is 0 Å². The highest BCUT2D eigenvalue weighted by Crippen LogP contribution is 2.32. The molecule has 134 valence electrons. The highest BCUT2D eigenvalue weighted by Gasteiger charge is 2.14. The average molecular weight is 391 g/mol. The molecule has 1 heteroatoms. The van der Waals surface area contributed by atoms with Gasteiger partial charge in [-0.3, -0.25) is 0 Å². The van der Waals surface area contributed by atoms with E-state index in [2.05, 4.69) is 84.4 Å². The number of hydrogen-bond acceptors (Lipinski definition) is 0. The third-order valence-electron chi connectivity index (χ3n) is 4.10. The van der Waals surface area contributed by atoms with E-state index in [9.17, 15) is 0 Å². The molecule has 2 aromatic rings. The van der Waals surface area contributed by atoms with E-state index in [0.717, 1.165) is 5.33 Å². The van der Waals surface area contributed by atoms with Crippen LogP contribution in [0.3, 0.4) is 0 Å². The van der Waals surface area contributed by atoms with Crippen molar-refractivity contribution in [1.29, 1.82) is 0 Å². The van der Waals surface area contributed by atoms with Crippen LogP contribution in [-0.2, 0) is 5.33 Å². The van der Waals surface area contributed by atoms with E-state index in [1.54, 1.807) is 0 Å². The van der Waals surface area contributed by atoms with Gasteiger partial charge in [0.05, 0.1) is 0 Å². The maximum atomic E-state index is 3.50. The first-order valence-corrected chi connectivity index (χ1v) is 10.6. The van der Waals surface area contributed by atoms with Gasteiger partial charge in [-0.2, -0.15) is 0 Å². The summed E-state index contributed by atoms with van der Waals surface area (Å²) >= 11 is 3.50. The van der Waals surface area contributed by atoms with Crippen LogP contribution in [0.25, 0.3) is 0 Å². The summed E-state index contributed by atoms with van der Waals surface area (Å²) in [5, 5.41) is 0.934. The molecule has 0 N–H and O–H groups in total. The van der Waals surface area contributed by atoms with Gasteiger partial charge in [0.2, 0.25) is 0 Å². The van der Waals surface area contributed by atoms with Crippen LogP contribution in [0, 0.1) is 0 Å². The number of alkyl halides is 1. The molecule has 0 aliphatic rings. The molecule has 2 atom stereocenters. The van der Waals surface area contributed by atoms with Crippen molar-refractivity contribution in [2.24, 2.45) is 0 Å². The van der Waals surface area contributed by atoms with Gasteiger partial charge < -0.3 is 0 Å². The fourth-order valence-electron chi connectivity index (χ4n) is 2.76. The fourth-order valence-corrected chi connectivity index (χ4v) is 3.14. The summed E-state index contributed by atoms with van der Waals surface area (Å²) in [6.45, 7) is 12.6. The SMILES string of the molecule is CC.CC.CCC(CC(C)c1ccc(CBr)cc1)c1ccccc1. The molecular weight excluding hydrogens is 356 g/mol. The van der Waals surface area contributed by atoms with Crippen LogP contribution in [0.15, 0.2) is 54.6 Å². The number of rotatable bonds is 6. The van der Waals surface area contributed by atoms with E-state index in [1.165, 1.54) is 29.5 Å². The highest BCUT2D eigenvalue weighted by atomic mass is 79.9. The summed E-state index contributed by atoms with van der Waals surface area (Å²) < 4.78 is 0. The fraction of sp³-hybridized carbons (Fsp3) is 0.478. The number of halogens is 1. The Morgan fingerprint density at radius 1 is 0.792 bits per heavy atom. The molecule has 0 heterocycles. The van der Waals surface area contributed by atoms with Gasteiger partial charge in [0.1, 0.15) is 0 Å². The lowest BCUT2D eigenvalue weighted by molar-refractivity contribution is 0.544. The van der Waals surface area contributed by atoms with Crippen LogP contribution in [-0.4, -0.2) is 0 Å². The molecule has 0 bridgehead atoms. The van der Waals surface area contributed by atoms with Crippen LogP contribution in [0.5, 0.6) is 0 Å². The molecule has 0 aliphatic carbocycles. The monoisotopic (exact) mass is 390 g/mol. The summed E-state index contributed by atoms with van der Waals surface area (Å²) in [6.07, 6.45) is 2.42. The predicted octanol–water partition coefficient (Wildman–Crippen LogP) is 8.32. The van der Waals surface area contributed by atoms with Crippen LogP contribution >= 0.6 is 15.9 Å². The van der Waals surface area contributed by atoms with Crippen molar-refractivity contribution in [3.63, 3.8) is 0 Å². The van der Waals surface area contributed by atoms with Crippen LogP contribution in [0.1, 0.15) is 82.9 Å². The zero-order chi connectivity index (χ0) is 18.4. The maximum Gasteiger partial charge on any atom is 0.0283 e. The Hall–Kier alpha value is -1.08. The summed E-state index contributed by atoms with van der Waals surface area (Å²) in [5.74, 6) is 1.26. The summed E-state index contributed by atoms with van der Waals surface area (Å²) in [6, 6.07) is 19.9. The third-order valence-corrected chi connectivity index (χ3v) is 4.75. The molecule has 0 saturated heterocycles. The molecule has 0 saturated carbocycles. The van der Waals surface area contributed by atoms with E-state index < -0.39 is 0 Å². The lowest BCUT2D eigenvalue weighted by Crippen LogP contribution is -2.03. The van der Waals surface area contributed by atoms with E-state index in [-0.39, 0.29) is 0 Å². The summed E-state index contributed by atoms with van der Waals surface area (Å²) in [7, 11) is 0. The third kappa shape index (κ3) is 7.66. The topological polar surface area (TPSA) is 0 Å². The van der Waals surface area contributed by atoms with E-state index in [0.29, 0.717) is 11.8 Å². The lowest BCUT2D eigenvalue weighted by atomic mass is 9.84. The summed E-state index contributed by atoms with van der Waals surface area (Å²) in [5.41, 5.74) is 4.26. The maximum absolute atomic E-state index is 3.50. The Labute approximate surface area is 158 Å². The number of benzene rings is 2. The van der Waals surface area contributed by atoms with Crippen molar-refractivity contribution in [3.8, 4) is 0 Å². The van der Waals surface area contributed by atoms with Crippen LogP contribution in [0.4, 0.5) is 0 Å². The molecule has 0 radical (unpaired) electrons. The molecule has 2 unspecified atom stereocenters.